The van der Waals surface area contributed by atoms with Gasteiger partial charge < -0.3 is 61.6 Å². The summed E-state index contributed by atoms with van der Waals surface area (Å²) in [7, 11) is 0. The molecular weight excluding hydrogens is 1420 g/mol. The maximum atomic E-state index is 6.41. The highest BCUT2D eigenvalue weighted by Gasteiger charge is 2.42. The van der Waals surface area contributed by atoms with Crippen molar-refractivity contribution in [2.45, 2.75) is 402 Å². The zero-order chi connectivity index (χ0) is 80.4. The lowest BCUT2D eigenvalue weighted by molar-refractivity contribution is -0.254. The summed E-state index contributed by atoms with van der Waals surface area (Å²) in [5, 5.41) is 0. The maximum Gasteiger partial charge on any atom is 0.184 e. The summed E-state index contributed by atoms with van der Waals surface area (Å²) in [6, 6.07) is 14.2. The lowest BCUT2D eigenvalue weighted by atomic mass is 9.69. The Bertz CT molecular complexity index is 3250. The van der Waals surface area contributed by atoms with Crippen molar-refractivity contribution in [3.05, 3.63) is 97.6 Å². The van der Waals surface area contributed by atoms with Crippen LogP contribution in [-0.2, 0) is 56.8 Å². The Kier molecular flexibility index (Phi) is 32.5. The third kappa shape index (κ3) is 22.6. The van der Waals surface area contributed by atoms with Crippen molar-refractivity contribution in [3.63, 3.8) is 0 Å². The highest BCUT2D eigenvalue weighted by Crippen LogP contribution is 2.49. The van der Waals surface area contributed by atoms with Crippen LogP contribution in [0.15, 0.2) is 36.4 Å². The van der Waals surface area contributed by atoms with Crippen molar-refractivity contribution in [1.82, 2.24) is 0 Å². The van der Waals surface area contributed by atoms with E-state index >= 15 is 0 Å². The molecule has 12 fully saturated rings. The largest absolute Gasteiger partial charge is 0.493 e. The fraction of sp³-hybridized carbons (Fsp3) is 0.822. The first kappa shape index (κ1) is 88.8. The third-order valence-electron chi connectivity index (χ3n) is 32.5. The molecule has 6 aliphatic heterocycles. The molecule has 0 aromatic heterocycles. The minimum atomic E-state index is -0.269. The quantitative estimate of drug-likeness (QED) is 0.120. The molecule has 6 aliphatic carbocycles. The number of hydrogen-bond acceptors (Lipinski definition) is 13. The Labute approximate surface area is 692 Å². The van der Waals surface area contributed by atoms with Gasteiger partial charge in [-0.3, -0.25) is 0 Å². The van der Waals surface area contributed by atoms with Crippen molar-refractivity contribution >= 4 is 0 Å². The summed E-state index contributed by atoms with van der Waals surface area (Å²) in [6.45, 7) is 46.1. The van der Waals surface area contributed by atoms with Gasteiger partial charge in [-0.15, -0.1) is 0 Å². The van der Waals surface area contributed by atoms with Crippen LogP contribution in [0.3, 0.4) is 0 Å². The minimum Gasteiger partial charge on any atom is -0.493 e. The Morgan fingerprint density at radius 3 is 0.868 bits per heavy atom. The van der Waals surface area contributed by atoms with Crippen LogP contribution in [0.4, 0.5) is 0 Å². The Hall–Kier alpha value is -3.02. The van der Waals surface area contributed by atoms with Crippen molar-refractivity contribution in [1.29, 1.82) is 0 Å². The van der Waals surface area contributed by atoms with E-state index in [1.165, 1.54) is 189 Å². The first-order valence-electron chi connectivity index (χ1n) is 47.4. The fourth-order valence-electron chi connectivity index (χ4n) is 22.2. The summed E-state index contributed by atoms with van der Waals surface area (Å²) in [5.74, 6) is 12.6. The molecule has 0 amide bonds. The lowest BCUT2D eigenvalue weighted by Gasteiger charge is -2.42. The summed E-state index contributed by atoms with van der Waals surface area (Å²) in [5.41, 5.74) is 16.2. The first-order valence-corrected chi connectivity index (χ1v) is 47.4. The number of hydrogen-bond donors (Lipinski definition) is 0. The van der Waals surface area contributed by atoms with E-state index in [1.807, 2.05) is 0 Å². The van der Waals surface area contributed by atoms with Crippen LogP contribution in [0.2, 0.25) is 0 Å². The maximum absolute atomic E-state index is 6.41. The third-order valence-corrected chi connectivity index (χ3v) is 32.5. The van der Waals surface area contributed by atoms with Gasteiger partial charge in [0.2, 0.25) is 0 Å². The molecule has 0 spiro atoms. The highest BCUT2D eigenvalue weighted by atomic mass is 16.7. The van der Waals surface area contributed by atoms with Crippen LogP contribution < -0.4 is 4.74 Å². The molecule has 13 heteroatoms. The van der Waals surface area contributed by atoms with Gasteiger partial charge in [0, 0.05) is 58.8 Å². The standard InChI is InChI=1S/C36H58O4.C33H52O5.C32H50O4/c1-23-21-37-35(39-27(23)5)19-11-29-7-13-31(14-8-29)33-17-18-34(26(4)25(33)3)32-15-9-30(10-16-32)12-20-36-38-22-24(2)28(6)40-36;1-20-17-35-32(37-24(20)5)29-13-11-28(12-14-29)27-9-7-26(8-10-27)19-34-31-16-15-30(22(3)23(31)4)33-36-18-21(2)25(6)38-33;1-19-17-33-31(35-23(19)5)27-11-7-25(8-12-27)29-15-16-30(22(4)21(29)3)26-9-13-28(14-10-26)32-34-18-20(2)24(6)36-32/h17-18,23-24,27-32,35-36H,7-16,19-22H2,1-6H3;15-16,20-21,24-29,32-33H,7-14,17-19H2,1-6H3;15-16,19-20,23-28,31-32H,7-14,17-18H2,1-6H3. The average Bonchev–Trinajstić information content (AvgIpc) is 0.806. The molecule has 3 aromatic carbocycles. The average molecular weight is 1580 g/mol. The molecule has 6 heterocycles. The molecule has 0 radical (unpaired) electrons. The van der Waals surface area contributed by atoms with Crippen LogP contribution in [0.25, 0.3) is 0 Å². The zero-order valence-corrected chi connectivity index (χ0v) is 74.8. The van der Waals surface area contributed by atoms with E-state index in [9.17, 15) is 0 Å². The molecule has 12 aliphatic rings. The van der Waals surface area contributed by atoms with E-state index in [4.69, 9.17) is 61.6 Å². The molecule has 0 bridgehead atoms. The molecule has 13 nitrogen and oxygen atoms in total. The summed E-state index contributed by atoms with van der Waals surface area (Å²) in [4.78, 5) is 0. The van der Waals surface area contributed by atoms with Crippen molar-refractivity contribution in [2.24, 2.45) is 82.9 Å². The highest BCUT2D eigenvalue weighted by molar-refractivity contribution is 5.46. The zero-order valence-electron chi connectivity index (χ0n) is 74.8. The topological polar surface area (TPSA) is 120 Å². The van der Waals surface area contributed by atoms with E-state index in [1.54, 1.807) is 33.4 Å². The molecule has 3 aromatic rings. The molecule has 18 atom stereocenters. The van der Waals surface area contributed by atoms with E-state index < -0.39 is 0 Å². The molecule has 6 saturated heterocycles. The Balaban J connectivity index is 0.000000149. The van der Waals surface area contributed by atoms with Gasteiger partial charge in [0.25, 0.3) is 0 Å². The molecule has 6 saturated carbocycles. The van der Waals surface area contributed by atoms with Gasteiger partial charge in [0.05, 0.1) is 82.9 Å². The smallest absolute Gasteiger partial charge is 0.184 e. The molecule has 18 unspecified atom stereocenters. The Morgan fingerprint density at radius 1 is 0.254 bits per heavy atom. The van der Waals surface area contributed by atoms with Crippen molar-refractivity contribution in [3.8, 4) is 5.75 Å². The van der Waals surface area contributed by atoms with Gasteiger partial charge >= 0.3 is 0 Å². The van der Waals surface area contributed by atoms with E-state index in [2.05, 4.69) is 161 Å². The predicted octanol–water partition coefficient (Wildman–Crippen LogP) is 24.6. The van der Waals surface area contributed by atoms with Gasteiger partial charge in [-0.05, 0) is 384 Å². The fourth-order valence-corrected chi connectivity index (χ4v) is 22.2. The number of ether oxygens (including phenoxy) is 13. The second-order valence-electron chi connectivity index (χ2n) is 40.2. The number of benzene rings is 3. The van der Waals surface area contributed by atoms with Crippen LogP contribution in [0.1, 0.15) is 354 Å². The molecule has 0 N–H and O–H groups in total. The van der Waals surface area contributed by atoms with Gasteiger partial charge in [-0.1, -0.05) is 65.8 Å². The molecule has 15 rings (SSSR count). The summed E-state index contributed by atoms with van der Waals surface area (Å²) in [6.07, 6.45) is 37.3. The molecule has 114 heavy (non-hydrogen) atoms. The van der Waals surface area contributed by atoms with Crippen LogP contribution >= 0.6 is 0 Å². The van der Waals surface area contributed by atoms with Gasteiger partial charge in [-0.2, -0.15) is 0 Å². The van der Waals surface area contributed by atoms with E-state index in [0.717, 1.165) is 106 Å². The first-order chi connectivity index (χ1) is 54.9. The molecule has 642 valence electrons. The monoisotopic (exact) mass is 1580 g/mol. The SMILES string of the molecule is Cc1c(C2CCC(C3OCC(C)C(C)O3)CC2)ccc(C2CCC(C3OCC(C)C(C)O3)CC2)c1C.Cc1c(C2CCC(CCC3OCC(C)C(C)O3)CC2)ccc(C2CCC(CCC3OCC(C)C(C)O3)CC2)c1C.Cc1c(OCC2CCC(C3CCC(C4OCC(C)C(C)O4)CC3)CC2)ccc(C2OCC(C)C(C)O2)c1C. The van der Waals surface area contributed by atoms with Gasteiger partial charge in [0.15, 0.2) is 37.7 Å². The van der Waals surface area contributed by atoms with E-state index in [-0.39, 0.29) is 43.8 Å². The lowest BCUT2D eigenvalue weighted by Crippen LogP contribution is -2.42. The minimum absolute atomic E-state index is 0.00788. The van der Waals surface area contributed by atoms with Gasteiger partial charge in [0.1, 0.15) is 5.75 Å². The summed E-state index contributed by atoms with van der Waals surface area (Å²) < 4.78 is 79.5. The Morgan fingerprint density at radius 2 is 0.526 bits per heavy atom. The van der Waals surface area contributed by atoms with Gasteiger partial charge in [-0.25, -0.2) is 0 Å². The van der Waals surface area contributed by atoms with Crippen LogP contribution in [0, 0.1) is 124 Å². The second-order valence-corrected chi connectivity index (χ2v) is 40.2. The van der Waals surface area contributed by atoms with Crippen molar-refractivity contribution in [2.75, 3.05) is 46.2 Å². The summed E-state index contributed by atoms with van der Waals surface area (Å²) >= 11 is 0. The van der Waals surface area contributed by atoms with E-state index in [0.29, 0.717) is 102 Å². The normalized spacial score (nSPS) is 40.6. The second kappa shape index (κ2) is 41.7. The predicted molar refractivity (Wildman–Crippen MR) is 457 cm³/mol. The van der Waals surface area contributed by atoms with Crippen molar-refractivity contribution < 1.29 is 61.6 Å². The van der Waals surface area contributed by atoms with Crippen LogP contribution in [0.5, 0.6) is 5.75 Å². The van der Waals surface area contributed by atoms with Crippen LogP contribution in [-0.4, -0.2) is 114 Å². The molecular formula is C101H160O13. The number of rotatable bonds is 18.